The Kier molecular flexibility index (Phi) is 3.12. The van der Waals surface area contributed by atoms with Crippen LogP contribution in [0.25, 0.3) is 6.08 Å². The van der Waals surface area contributed by atoms with Gasteiger partial charge in [-0.05, 0) is 23.8 Å². The number of anilines is 1. The van der Waals surface area contributed by atoms with Crippen LogP contribution in [0.15, 0.2) is 53.1 Å². The van der Waals surface area contributed by atoms with Crippen LogP contribution in [0.2, 0.25) is 0 Å². The Morgan fingerprint density at radius 2 is 2.26 bits per heavy atom. The second-order valence-corrected chi connectivity index (χ2v) is 4.18. The molecule has 0 spiro atoms. The van der Waals surface area contributed by atoms with Crippen LogP contribution in [-0.2, 0) is 4.84 Å². The van der Waals surface area contributed by atoms with E-state index in [0.29, 0.717) is 12.3 Å². The minimum absolute atomic E-state index is 0.209. The maximum absolute atomic E-state index is 5.61. The number of hydrazone groups is 1. The fourth-order valence-corrected chi connectivity index (χ4v) is 1.87. The van der Waals surface area contributed by atoms with Crippen LogP contribution < -0.4 is 5.43 Å². The Balaban J connectivity index is 1.77. The average molecular weight is 254 g/mol. The molecule has 0 bridgehead atoms. The molecule has 1 unspecified atom stereocenters. The number of hydroxylamine groups is 2. The van der Waals surface area contributed by atoms with Gasteiger partial charge >= 0.3 is 0 Å². The predicted molar refractivity (Wildman–Crippen MR) is 76.6 cm³/mol. The molecule has 0 saturated carbocycles. The molecule has 2 heterocycles. The number of nitrogens with one attached hydrogen (secondary N) is 1. The van der Waals surface area contributed by atoms with Gasteiger partial charge in [0.25, 0.3) is 0 Å². The Morgan fingerprint density at radius 3 is 3.16 bits per heavy atom. The van der Waals surface area contributed by atoms with Gasteiger partial charge in [-0.15, -0.1) is 6.58 Å². The van der Waals surface area contributed by atoms with Gasteiger partial charge in [0.1, 0.15) is 6.34 Å². The van der Waals surface area contributed by atoms with Crippen molar-refractivity contribution < 1.29 is 4.84 Å². The first-order valence-corrected chi connectivity index (χ1v) is 6.08. The van der Waals surface area contributed by atoms with E-state index < -0.39 is 0 Å². The first-order chi connectivity index (χ1) is 9.36. The summed E-state index contributed by atoms with van der Waals surface area (Å²) in [4.78, 5) is 9.84. The zero-order valence-electron chi connectivity index (χ0n) is 10.4. The highest BCUT2D eigenvalue weighted by Gasteiger charge is 2.20. The lowest BCUT2D eigenvalue weighted by atomic mass is 10.2. The molecule has 2 aliphatic rings. The summed E-state index contributed by atoms with van der Waals surface area (Å²) in [6.07, 6.45) is 7.77. The molecule has 1 aromatic rings. The van der Waals surface area contributed by atoms with Crippen LogP contribution in [0.3, 0.4) is 0 Å². The largest absolute Gasteiger partial charge is 0.276 e. The van der Waals surface area contributed by atoms with Crippen LogP contribution in [0.1, 0.15) is 12.0 Å². The summed E-state index contributed by atoms with van der Waals surface area (Å²) in [6.45, 7) is 3.67. The lowest BCUT2D eigenvalue weighted by Gasteiger charge is -2.14. The predicted octanol–water partition coefficient (Wildman–Crippen LogP) is 2.62. The van der Waals surface area contributed by atoms with Crippen LogP contribution in [-0.4, -0.2) is 23.5 Å². The van der Waals surface area contributed by atoms with Gasteiger partial charge in [-0.25, -0.2) is 9.83 Å². The summed E-state index contributed by atoms with van der Waals surface area (Å²) in [6, 6.07) is 7.96. The lowest BCUT2D eigenvalue weighted by Crippen LogP contribution is -2.27. The first-order valence-electron chi connectivity index (χ1n) is 6.08. The first kappa shape index (κ1) is 11.7. The fourth-order valence-electron chi connectivity index (χ4n) is 1.87. The molecule has 3 rings (SSSR count). The quantitative estimate of drug-likeness (QED) is 0.825. The van der Waals surface area contributed by atoms with Crippen molar-refractivity contribution in [2.45, 2.75) is 12.6 Å². The molecule has 1 atom stereocenters. The third kappa shape index (κ3) is 2.41. The normalized spacial score (nSPS) is 20.5. The number of fused-ring (bicyclic) bond motifs is 1. The Hall–Kier alpha value is -2.40. The second kappa shape index (κ2) is 5.07. The number of aliphatic imine (C=N–C) groups is 1. The molecule has 19 heavy (non-hydrogen) atoms. The van der Waals surface area contributed by atoms with E-state index in [0.717, 1.165) is 11.3 Å². The Labute approximate surface area is 111 Å². The van der Waals surface area contributed by atoms with Crippen molar-refractivity contribution in [3.8, 4) is 0 Å². The van der Waals surface area contributed by atoms with Crippen molar-refractivity contribution in [1.29, 1.82) is 0 Å². The Morgan fingerprint density at radius 1 is 1.37 bits per heavy atom. The van der Waals surface area contributed by atoms with Crippen molar-refractivity contribution in [2.75, 3.05) is 5.43 Å². The molecule has 1 N–H and O–H groups in total. The molecule has 96 valence electrons. The number of nitrogens with zero attached hydrogens (tertiary/aromatic N) is 3. The van der Waals surface area contributed by atoms with Gasteiger partial charge in [0.2, 0.25) is 0 Å². The fraction of sp³-hybridized carbons (Fsp3) is 0.143. The third-order valence-corrected chi connectivity index (χ3v) is 2.83. The minimum atomic E-state index is -0.209. The van der Waals surface area contributed by atoms with E-state index in [-0.39, 0.29) is 6.23 Å². The van der Waals surface area contributed by atoms with Crippen molar-refractivity contribution >= 4 is 23.9 Å². The number of hydrogen-bond donors (Lipinski definition) is 1. The molecule has 0 amide bonds. The molecule has 0 radical (unpaired) electrons. The van der Waals surface area contributed by atoms with Gasteiger partial charge in [0.15, 0.2) is 12.1 Å². The SMILES string of the molecule is C=CCC1N=CN(C2=NNc3ccccc3C=C2)O1. The summed E-state index contributed by atoms with van der Waals surface area (Å²) < 4.78 is 0. The topological polar surface area (TPSA) is 49.2 Å². The lowest BCUT2D eigenvalue weighted by molar-refractivity contribution is -0.0657. The van der Waals surface area contributed by atoms with E-state index >= 15 is 0 Å². The van der Waals surface area contributed by atoms with Gasteiger partial charge in [-0.1, -0.05) is 24.3 Å². The van der Waals surface area contributed by atoms with Crippen LogP contribution in [0.5, 0.6) is 0 Å². The summed E-state index contributed by atoms with van der Waals surface area (Å²) >= 11 is 0. The van der Waals surface area contributed by atoms with E-state index in [9.17, 15) is 0 Å². The molecule has 5 heteroatoms. The zero-order chi connectivity index (χ0) is 13.1. The molecule has 0 aliphatic carbocycles. The van der Waals surface area contributed by atoms with E-state index in [1.807, 2.05) is 36.4 Å². The van der Waals surface area contributed by atoms with Crippen molar-refractivity contribution in [2.24, 2.45) is 10.1 Å². The van der Waals surface area contributed by atoms with E-state index in [1.54, 1.807) is 17.5 Å². The number of rotatable bonds is 2. The van der Waals surface area contributed by atoms with E-state index in [4.69, 9.17) is 4.84 Å². The number of hydrogen-bond acceptors (Lipinski definition) is 5. The molecule has 5 nitrogen and oxygen atoms in total. The van der Waals surface area contributed by atoms with Crippen molar-refractivity contribution in [3.05, 3.63) is 48.6 Å². The molecule has 1 aromatic carbocycles. The monoisotopic (exact) mass is 254 g/mol. The van der Waals surface area contributed by atoms with Gasteiger partial charge in [-0.2, -0.15) is 10.2 Å². The van der Waals surface area contributed by atoms with Gasteiger partial charge < -0.3 is 0 Å². The molecular formula is C14H14N4O. The summed E-state index contributed by atoms with van der Waals surface area (Å²) in [5.41, 5.74) is 5.07. The van der Waals surface area contributed by atoms with Gasteiger partial charge in [0, 0.05) is 6.42 Å². The van der Waals surface area contributed by atoms with Crippen molar-refractivity contribution in [1.82, 2.24) is 5.06 Å². The van der Waals surface area contributed by atoms with E-state index in [1.165, 1.54) is 0 Å². The minimum Gasteiger partial charge on any atom is -0.276 e. The highest BCUT2D eigenvalue weighted by molar-refractivity contribution is 6.03. The highest BCUT2D eigenvalue weighted by atomic mass is 16.7. The maximum Gasteiger partial charge on any atom is 0.180 e. The molecule has 2 aliphatic heterocycles. The number of benzene rings is 1. The molecule has 0 fully saturated rings. The third-order valence-electron chi connectivity index (χ3n) is 2.83. The highest BCUT2D eigenvalue weighted by Crippen LogP contribution is 2.20. The van der Waals surface area contributed by atoms with Crippen LogP contribution in [0, 0.1) is 0 Å². The van der Waals surface area contributed by atoms with Gasteiger partial charge in [0.05, 0.1) is 5.69 Å². The van der Waals surface area contributed by atoms with Gasteiger partial charge in [-0.3, -0.25) is 5.43 Å². The number of amidine groups is 1. The average Bonchev–Trinajstić information content (AvgIpc) is 2.79. The second-order valence-electron chi connectivity index (χ2n) is 4.18. The summed E-state index contributed by atoms with van der Waals surface area (Å²) in [7, 11) is 0. The zero-order valence-corrected chi connectivity index (χ0v) is 10.4. The van der Waals surface area contributed by atoms with Crippen LogP contribution in [0.4, 0.5) is 5.69 Å². The summed E-state index contributed by atoms with van der Waals surface area (Å²) in [5.74, 6) is 0.659. The number of para-hydroxylation sites is 1. The molecule has 0 aromatic heterocycles. The summed E-state index contributed by atoms with van der Waals surface area (Å²) in [5, 5.41) is 5.86. The van der Waals surface area contributed by atoms with E-state index in [2.05, 4.69) is 22.1 Å². The van der Waals surface area contributed by atoms with Crippen molar-refractivity contribution in [3.63, 3.8) is 0 Å². The maximum atomic E-state index is 5.61. The molecular weight excluding hydrogens is 240 g/mol. The molecule has 0 saturated heterocycles. The smallest absolute Gasteiger partial charge is 0.180 e. The van der Waals surface area contributed by atoms with Crippen LogP contribution >= 0.6 is 0 Å². The standard InChI is InChI=1S/C14H14N4O/c1-2-5-14-15-10-18(19-14)13-9-8-11-6-3-4-7-12(11)16-17-13/h2-4,6-10,14,16H,1,5H2. The Bertz CT molecular complexity index is 577.